The number of hydrogen-bond donors (Lipinski definition) is 1. The van der Waals surface area contributed by atoms with Crippen molar-refractivity contribution in [2.75, 3.05) is 16.8 Å². The van der Waals surface area contributed by atoms with E-state index in [-0.39, 0.29) is 5.69 Å². The minimum atomic E-state index is -4.48. The Morgan fingerprint density at radius 1 is 1.26 bits per heavy atom. The molecule has 1 amide bonds. The highest BCUT2D eigenvalue weighted by molar-refractivity contribution is 5.95. The van der Waals surface area contributed by atoms with E-state index in [9.17, 15) is 18.0 Å². The Morgan fingerprint density at radius 3 is 2.39 bits per heavy atom. The zero-order valence-corrected chi connectivity index (χ0v) is 13.8. The maximum atomic E-state index is 13.0. The first-order chi connectivity index (χ1) is 10.3. The van der Waals surface area contributed by atoms with Crippen LogP contribution in [0.3, 0.4) is 0 Å². The quantitative estimate of drug-likeness (QED) is 0.753. The van der Waals surface area contributed by atoms with Crippen molar-refractivity contribution in [2.45, 2.75) is 51.9 Å². The van der Waals surface area contributed by atoms with Gasteiger partial charge in [-0.1, -0.05) is 0 Å². The van der Waals surface area contributed by atoms with Gasteiger partial charge in [0, 0.05) is 6.54 Å². The van der Waals surface area contributed by atoms with Crippen LogP contribution in [0, 0.1) is 0 Å². The lowest BCUT2D eigenvalue weighted by Crippen LogP contribution is -2.56. The Labute approximate surface area is 133 Å². The summed E-state index contributed by atoms with van der Waals surface area (Å²) in [7, 11) is 0. The van der Waals surface area contributed by atoms with Gasteiger partial charge in [-0.15, -0.1) is 0 Å². The van der Waals surface area contributed by atoms with Crippen LogP contribution in [0.15, 0.2) is 18.2 Å². The molecule has 0 bridgehead atoms. The zero-order chi connectivity index (χ0) is 17.6. The van der Waals surface area contributed by atoms with Gasteiger partial charge in [0.1, 0.15) is 5.60 Å². The molecule has 2 rings (SSSR count). The lowest BCUT2D eigenvalue weighted by molar-refractivity contribution is -0.137. The summed E-state index contributed by atoms with van der Waals surface area (Å²) in [4.78, 5) is 13.8. The summed E-state index contributed by atoms with van der Waals surface area (Å²) in [5, 5.41) is 3.06. The van der Waals surface area contributed by atoms with Crippen molar-refractivity contribution in [1.82, 2.24) is 0 Å². The smallest absolute Gasteiger partial charge is 0.416 e. The number of halogens is 3. The van der Waals surface area contributed by atoms with Crippen LogP contribution < -0.4 is 10.2 Å². The van der Waals surface area contributed by atoms with E-state index in [0.717, 1.165) is 12.1 Å². The van der Waals surface area contributed by atoms with E-state index in [4.69, 9.17) is 4.74 Å². The molecule has 1 heterocycles. The third-order valence-electron chi connectivity index (χ3n) is 3.46. The highest BCUT2D eigenvalue weighted by Crippen LogP contribution is 2.41. The summed E-state index contributed by atoms with van der Waals surface area (Å²) in [5.74, 6) is 0. The topological polar surface area (TPSA) is 41.6 Å². The first-order valence-corrected chi connectivity index (χ1v) is 7.30. The van der Waals surface area contributed by atoms with Gasteiger partial charge in [-0.25, -0.2) is 4.79 Å². The molecule has 1 N–H and O–H groups in total. The maximum absolute atomic E-state index is 13.0. The molecule has 0 atom stereocenters. The molecule has 1 aromatic carbocycles. The van der Waals surface area contributed by atoms with Crippen molar-refractivity contribution in [3.8, 4) is 0 Å². The van der Waals surface area contributed by atoms with Crippen LogP contribution >= 0.6 is 0 Å². The second-order valence-electron chi connectivity index (χ2n) is 7.21. The molecule has 7 heteroatoms. The van der Waals surface area contributed by atoms with E-state index in [1.807, 2.05) is 0 Å². The van der Waals surface area contributed by atoms with E-state index in [0.29, 0.717) is 12.2 Å². The molecule has 128 valence electrons. The van der Waals surface area contributed by atoms with Gasteiger partial charge in [0.25, 0.3) is 0 Å². The third kappa shape index (κ3) is 3.71. The van der Waals surface area contributed by atoms with Gasteiger partial charge in [0.2, 0.25) is 0 Å². The number of nitrogens with one attached hydrogen (secondary N) is 1. The molecule has 0 saturated carbocycles. The Kier molecular flexibility index (Phi) is 4.03. The summed E-state index contributed by atoms with van der Waals surface area (Å²) in [6.07, 6.45) is -5.14. The molecular weight excluding hydrogens is 309 g/mol. The predicted molar refractivity (Wildman–Crippen MR) is 82.7 cm³/mol. The van der Waals surface area contributed by atoms with Crippen LogP contribution in [0.25, 0.3) is 0 Å². The van der Waals surface area contributed by atoms with Crippen molar-refractivity contribution >= 4 is 17.5 Å². The number of rotatable bonds is 0. The number of carbonyl (C=O) groups excluding carboxylic acids is 1. The van der Waals surface area contributed by atoms with Crippen molar-refractivity contribution in [3.05, 3.63) is 23.8 Å². The first kappa shape index (κ1) is 17.4. The monoisotopic (exact) mass is 330 g/mol. The molecule has 0 spiro atoms. The molecule has 0 aromatic heterocycles. The predicted octanol–water partition coefficient (Wildman–Crippen LogP) is 4.65. The van der Waals surface area contributed by atoms with Crippen LogP contribution in [0.4, 0.5) is 29.3 Å². The number of carbonyl (C=O) groups is 1. The molecule has 23 heavy (non-hydrogen) atoms. The summed E-state index contributed by atoms with van der Waals surface area (Å²) >= 11 is 0. The minimum Gasteiger partial charge on any atom is -0.443 e. The molecule has 0 saturated heterocycles. The fourth-order valence-corrected chi connectivity index (χ4v) is 2.41. The highest BCUT2D eigenvalue weighted by atomic mass is 19.4. The Hall–Kier alpha value is -1.92. The van der Waals surface area contributed by atoms with Gasteiger partial charge in [0.15, 0.2) is 0 Å². The molecule has 0 aliphatic carbocycles. The number of nitrogens with zero attached hydrogens (tertiary/aromatic N) is 1. The molecule has 0 radical (unpaired) electrons. The minimum absolute atomic E-state index is 0.172. The third-order valence-corrected chi connectivity index (χ3v) is 3.46. The summed E-state index contributed by atoms with van der Waals surface area (Å²) in [5.41, 5.74) is -1.61. The van der Waals surface area contributed by atoms with E-state index in [1.54, 1.807) is 34.6 Å². The number of amides is 1. The fourth-order valence-electron chi connectivity index (χ4n) is 2.41. The molecule has 0 fully saturated rings. The van der Waals surface area contributed by atoms with Crippen LogP contribution in [0.2, 0.25) is 0 Å². The number of ether oxygens (including phenoxy) is 1. The summed E-state index contributed by atoms with van der Waals surface area (Å²) in [6, 6.07) is 3.31. The van der Waals surface area contributed by atoms with E-state index in [1.165, 1.54) is 11.0 Å². The molecular formula is C16H21F3N2O2. The maximum Gasteiger partial charge on any atom is 0.416 e. The molecule has 4 nitrogen and oxygen atoms in total. The lowest BCUT2D eigenvalue weighted by atomic mass is 9.97. The van der Waals surface area contributed by atoms with Gasteiger partial charge in [0.05, 0.1) is 22.5 Å². The van der Waals surface area contributed by atoms with Crippen molar-refractivity contribution in [1.29, 1.82) is 0 Å². The number of fused-ring (bicyclic) bond motifs is 1. The molecule has 0 unspecified atom stereocenters. The van der Waals surface area contributed by atoms with Crippen LogP contribution in [0.1, 0.15) is 40.2 Å². The second kappa shape index (κ2) is 5.32. The zero-order valence-electron chi connectivity index (χ0n) is 13.8. The molecule has 1 aliphatic rings. The Balaban J connectivity index is 2.51. The van der Waals surface area contributed by atoms with Gasteiger partial charge in [-0.05, 0) is 52.8 Å². The van der Waals surface area contributed by atoms with Gasteiger partial charge < -0.3 is 10.1 Å². The fraction of sp³-hybridized carbons (Fsp3) is 0.562. The van der Waals surface area contributed by atoms with E-state index >= 15 is 0 Å². The second-order valence-corrected chi connectivity index (χ2v) is 7.21. The molecule has 1 aromatic rings. The van der Waals surface area contributed by atoms with Gasteiger partial charge >= 0.3 is 12.3 Å². The average molecular weight is 330 g/mol. The molecule has 1 aliphatic heterocycles. The number of alkyl halides is 3. The van der Waals surface area contributed by atoms with Crippen LogP contribution in [-0.4, -0.2) is 23.8 Å². The van der Waals surface area contributed by atoms with Crippen molar-refractivity contribution < 1.29 is 22.7 Å². The summed E-state index contributed by atoms with van der Waals surface area (Å²) < 4.78 is 44.4. The SMILES string of the molecule is CC(C)(C)OC(=O)N1c2cc(C(F)(F)F)ccc2NCC1(C)C. The number of hydrogen-bond acceptors (Lipinski definition) is 3. The van der Waals surface area contributed by atoms with Crippen LogP contribution in [0.5, 0.6) is 0 Å². The number of benzene rings is 1. The van der Waals surface area contributed by atoms with E-state index < -0.39 is 29.0 Å². The van der Waals surface area contributed by atoms with Crippen molar-refractivity contribution in [2.24, 2.45) is 0 Å². The standard InChI is InChI=1S/C16H21F3N2O2/c1-14(2,3)23-13(22)21-12-8-10(16(17,18)19)6-7-11(12)20-9-15(21,4)5/h6-8,20H,9H2,1-5H3. The highest BCUT2D eigenvalue weighted by Gasteiger charge is 2.41. The average Bonchev–Trinajstić information content (AvgIpc) is 2.33. The number of anilines is 2. The van der Waals surface area contributed by atoms with E-state index in [2.05, 4.69) is 5.32 Å². The Bertz CT molecular complexity index is 619. The summed E-state index contributed by atoms with van der Waals surface area (Å²) in [6.45, 7) is 9.10. The first-order valence-electron chi connectivity index (χ1n) is 7.30. The van der Waals surface area contributed by atoms with Crippen LogP contribution in [-0.2, 0) is 10.9 Å². The Morgan fingerprint density at radius 2 is 1.87 bits per heavy atom. The normalized spacial score (nSPS) is 17.3. The van der Waals surface area contributed by atoms with Gasteiger partial charge in [-0.3, -0.25) is 4.90 Å². The largest absolute Gasteiger partial charge is 0.443 e. The lowest BCUT2D eigenvalue weighted by Gasteiger charge is -2.44. The van der Waals surface area contributed by atoms with Gasteiger partial charge in [-0.2, -0.15) is 13.2 Å². The van der Waals surface area contributed by atoms with Crippen molar-refractivity contribution in [3.63, 3.8) is 0 Å².